The van der Waals surface area contributed by atoms with Crippen molar-refractivity contribution in [3.8, 4) is 5.75 Å². The number of hydrogen-bond donors (Lipinski definition) is 2. The number of nitrogens with one attached hydrogen (secondary N) is 2. The van der Waals surface area contributed by atoms with Crippen LogP contribution in [0.4, 0.5) is 4.79 Å². The highest BCUT2D eigenvalue weighted by atomic mass is 16.7. The molecule has 0 aliphatic rings. The summed E-state index contributed by atoms with van der Waals surface area (Å²) in [6.45, 7) is 1.43. The Bertz CT molecular complexity index is 500. The zero-order chi connectivity index (χ0) is 14.3. The van der Waals surface area contributed by atoms with Crippen molar-refractivity contribution in [1.82, 2.24) is 10.8 Å². The van der Waals surface area contributed by atoms with Crippen molar-refractivity contribution in [2.75, 3.05) is 14.1 Å². The average Bonchev–Trinajstić information content (AvgIpc) is 2.43. The summed E-state index contributed by atoms with van der Waals surface area (Å²) >= 11 is 0. The second-order valence-corrected chi connectivity index (χ2v) is 3.42. The lowest BCUT2D eigenvalue weighted by Crippen LogP contribution is -2.35. The summed E-state index contributed by atoms with van der Waals surface area (Å²) in [7, 11) is 2.87. The molecule has 2 N–H and O–H groups in total. The SMILES string of the molecule is CN=C(NOC(=O)NC)Oc1ccccc1C(C)=O. The van der Waals surface area contributed by atoms with E-state index in [1.165, 1.54) is 21.0 Å². The molecule has 1 rings (SSSR count). The predicted molar refractivity (Wildman–Crippen MR) is 69.1 cm³/mol. The van der Waals surface area contributed by atoms with Gasteiger partial charge in [-0.15, -0.1) is 0 Å². The van der Waals surface area contributed by atoms with Crippen molar-refractivity contribution in [3.05, 3.63) is 29.8 Å². The maximum Gasteiger partial charge on any atom is 0.431 e. The Balaban J connectivity index is 2.77. The summed E-state index contributed by atoms with van der Waals surface area (Å²) < 4.78 is 5.36. The van der Waals surface area contributed by atoms with E-state index in [0.717, 1.165) is 0 Å². The first kappa shape index (κ1) is 14.5. The third-order valence-corrected chi connectivity index (χ3v) is 2.11. The molecule has 1 aromatic rings. The predicted octanol–water partition coefficient (Wildman–Crippen LogP) is 1.11. The van der Waals surface area contributed by atoms with Crippen molar-refractivity contribution >= 4 is 17.9 Å². The van der Waals surface area contributed by atoms with Crippen LogP contribution < -0.4 is 15.5 Å². The fourth-order valence-corrected chi connectivity index (χ4v) is 1.20. The van der Waals surface area contributed by atoms with E-state index in [1.807, 2.05) is 0 Å². The minimum Gasteiger partial charge on any atom is -0.423 e. The highest BCUT2D eigenvalue weighted by molar-refractivity contribution is 5.97. The van der Waals surface area contributed by atoms with Gasteiger partial charge in [-0.1, -0.05) is 12.1 Å². The molecule has 0 atom stereocenters. The van der Waals surface area contributed by atoms with Gasteiger partial charge in [0.15, 0.2) is 5.78 Å². The summed E-state index contributed by atoms with van der Waals surface area (Å²) in [6.07, 6.45) is -0.690. The molecule has 0 aromatic heterocycles. The van der Waals surface area contributed by atoms with Gasteiger partial charge in [0.1, 0.15) is 5.75 Å². The Morgan fingerprint density at radius 3 is 2.53 bits per heavy atom. The molecule has 0 spiro atoms. The van der Waals surface area contributed by atoms with Crippen LogP contribution >= 0.6 is 0 Å². The molecular weight excluding hydrogens is 250 g/mol. The van der Waals surface area contributed by atoms with E-state index in [-0.39, 0.29) is 11.8 Å². The zero-order valence-corrected chi connectivity index (χ0v) is 10.9. The molecule has 0 saturated carbocycles. The Morgan fingerprint density at radius 1 is 1.26 bits per heavy atom. The fraction of sp³-hybridized carbons (Fsp3) is 0.250. The summed E-state index contributed by atoms with van der Waals surface area (Å²) in [4.78, 5) is 30.6. The minimum atomic E-state index is -0.690. The molecule has 0 saturated heterocycles. The molecule has 1 amide bonds. The quantitative estimate of drug-likeness (QED) is 0.362. The number of aliphatic imine (C=N–C) groups is 1. The first-order valence-electron chi connectivity index (χ1n) is 5.47. The van der Waals surface area contributed by atoms with Crippen molar-refractivity contribution in [1.29, 1.82) is 0 Å². The van der Waals surface area contributed by atoms with Gasteiger partial charge < -0.3 is 14.9 Å². The highest BCUT2D eigenvalue weighted by Crippen LogP contribution is 2.18. The molecular formula is C12H15N3O4. The van der Waals surface area contributed by atoms with E-state index < -0.39 is 6.09 Å². The van der Waals surface area contributed by atoms with Crippen LogP contribution in [-0.2, 0) is 4.84 Å². The normalized spacial score (nSPS) is 10.6. The fourth-order valence-electron chi connectivity index (χ4n) is 1.20. The lowest BCUT2D eigenvalue weighted by Gasteiger charge is -2.11. The smallest absolute Gasteiger partial charge is 0.423 e. The van der Waals surface area contributed by atoms with E-state index >= 15 is 0 Å². The molecule has 7 heteroatoms. The number of ether oxygens (including phenoxy) is 1. The van der Waals surface area contributed by atoms with E-state index in [2.05, 4.69) is 20.6 Å². The number of carbonyl (C=O) groups excluding carboxylic acids is 2. The number of carbonyl (C=O) groups is 2. The van der Waals surface area contributed by atoms with E-state index in [1.54, 1.807) is 24.3 Å². The maximum atomic E-state index is 11.4. The minimum absolute atomic E-state index is 0.0442. The molecule has 0 aliphatic heterocycles. The van der Waals surface area contributed by atoms with Crippen LogP contribution in [0.25, 0.3) is 0 Å². The van der Waals surface area contributed by atoms with Crippen LogP contribution in [0.3, 0.4) is 0 Å². The Hall–Kier alpha value is -2.57. The summed E-state index contributed by atoms with van der Waals surface area (Å²) in [6, 6.07) is 6.64. The van der Waals surface area contributed by atoms with Gasteiger partial charge in [-0.05, 0) is 19.1 Å². The zero-order valence-electron chi connectivity index (χ0n) is 10.9. The lowest BCUT2D eigenvalue weighted by atomic mass is 10.1. The van der Waals surface area contributed by atoms with Gasteiger partial charge in [0.2, 0.25) is 0 Å². The Morgan fingerprint density at radius 2 is 1.95 bits per heavy atom. The number of amides is 1. The van der Waals surface area contributed by atoms with Gasteiger partial charge in [-0.2, -0.15) is 5.48 Å². The molecule has 102 valence electrons. The number of para-hydroxylation sites is 1. The second kappa shape index (κ2) is 7.00. The van der Waals surface area contributed by atoms with Crippen LogP contribution in [0.15, 0.2) is 29.3 Å². The average molecular weight is 265 g/mol. The monoisotopic (exact) mass is 265 g/mol. The largest absolute Gasteiger partial charge is 0.431 e. The van der Waals surface area contributed by atoms with Gasteiger partial charge in [0.25, 0.3) is 0 Å². The van der Waals surface area contributed by atoms with Crippen LogP contribution in [-0.4, -0.2) is 32.0 Å². The van der Waals surface area contributed by atoms with Gasteiger partial charge in [-0.25, -0.2) is 9.79 Å². The molecule has 0 aliphatic carbocycles. The third-order valence-electron chi connectivity index (χ3n) is 2.11. The summed E-state index contributed by atoms with van der Waals surface area (Å²) in [5.41, 5.74) is 2.65. The highest BCUT2D eigenvalue weighted by Gasteiger charge is 2.11. The number of rotatable bonds is 2. The summed E-state index contributed by atoms with van der Waals surface area (Å²) in [5.74, 6) is 0.182. The Kier molecular flexibility index (Phi) is 5.34. The molecule has 19 heavy (non-hydrogen) atoms. The number of Topliss-reactive ketones (excluding diaryl/α,β-unsaturated/α-hetero) is 1. The molecule has 0 unspecified atom stereocenters. The maximum absolute atomic E-state index is 11.4. The first-order chi connectivity index (χ1) is 9.08. The van der Waals surface area contributed by atoms with E-state index in [4.69, 9.17) is 4.74 Å². The standard InChI is InChI=1S/C12H15N3O4/c1-8(16)9-6-4-5-7-10(9)18-11(13-2)15-19-12(17)14-3/h4-7H,1-3H3,(H,13,15)(H,14,17). The molecule has 1 aromatic carbocycles. The number of hydrogen-bond acceptors (Lipinski definition) is 5. The van der Waals surface area contributed by atoms with Crippen molar-refractivity contribution in [2.45, 2.75) is 6.92 Å². The van der Waals surface area contributed by atoms with Gasteiger partial charge in [-0.3, -0.25) is 4.79 Å². The van der Waals surface area contributed by atoms with Gasteiger partial charge in [0.05, 0.1) is 5.56 Å². The molecule has 0 fully saturated rings. The van der Waals surface area contributed by atoms with Crippen LogP contribution in [0, 0.1) is 0 Å². The first-order valence-corrected chi connectivity index (χ1v) is 5.47. The van der Waals surface area contributed by atoms with E-state index in [0.29, 0.717) is 11.3 Å². The van der Waals surface area contributed by atoms with Crippen molar-refractivity contribution in [2.24, 2.45) is 4.99 Å². The van der Waals surface area contributed by atoms with Crippen LogP contribution in [0.2, 0.25) is 0 Å². The van der Waals surface area contributed by atoms with Crippen molar-refractivity contribution < 1.29 is 19.2 Å². The number of hydroxylamine groups is 1. The molecule has 0 bridgehead atoms. The lowest BCUT2D eigenvalue weighted by molar-refractivity contribution is 0.101. The van der Waals surface area contributed by atoms with Gasteiger partial charge in [0, 0.05) is 14.1 Å². The molecule has 0 radical (unpaired) electrons. The number of benzene rings is 1. The van der Waals surface area contributed by atoms with Crippen LogP contribution in [0.1, 0.15) is 17.3 Å². The Labute approximate surface area is 110 Å². The second-order valence-electron chi connectivity index (χ2n) is 3.42. The number of ketones is 1. The number of nitrogens with zero attached hydrogens (tertiary/aromatic N) is 1. The topological polar surface area (TPSA) is 89.0 Å². The summed E-state index contributed by atoms with van der Waals surface area (Å²) in [5, 5.41) is 2.25. The molecule has 7 nitrogen and oxygen atoms in total. The number of amidine groups is 1. The van der Waals surface area contributed by atoms with Gasteiger partial charge >= 0.3 is 12.1 Å². The third kappa shape index (κ3) is 4.30. The van der Waals surface area contributed by atoms with E-state index in [9.17, 15) is 9.59 Å². The molecule has 0 heterocycles. The van der Waals surface area contributed by atoms with Crippen molar-refractivity contribution in [3.63, 3.8) is 0 Å². The van der Waals surface area contributed by atoms with Crippen LogP contribution in [0.5, 0.6) is 5.75 Å².